The molecule has 1 saturated heterocycles. The zero-order chi connectivity index (χ0) is 21.7. The van der Waals surface area contributed by atoms with Crippen molar-refractivity contribution in [1.29, 1.82) is 0 Å². The van der Waals surface area contributed by atoms with E-state index < -0.39 is 0 Å². The average Bonchev–Trinajstić information content (AvgIpc) is 2.80. The Morgan fingerprint density at radius 2 is 1.65 bits per heavy atom. The minimum absolute atomic E-state index is 0.0980. The molecular formula is C26H31FN2O2. The first-order chi connectivity index (χ1) is 15.1. The van der Waals surface area contributed by atoms with E-state index in [0.29, 0.717) is 24.8 Å². The van der Waals surface area contributed by atoms with E-state index in [-0.39, 0.29) is 29.1 Å². The number of amides is 2. The maximum absolute atomic E-state index is 13.8. The van der Waals surface area contributed by atoms with Crippen LogP contribution < -0.4 is 5.32 Å². The Balaban J connectivity index is 1.21. The van der Waals surface area contributed by atoms with Gasteiger partial charge in [0.2, 0.25) is 11.8 Å². The number of benzene rings is 2. The van der Waals surface area contributed by atoms with E-state index in [0.717, 1.165) is 45.2 Å². The Morgan fingerprint density at radius 1 is 0.935 bits per heavy atom. The van der Waals surface area contributed by atoms with Crippen molar-refractivity contribution in [2.45, 2.75) is 57.4 Å². The molecule has 0 radical (unpaired) electrons. The molecule has 2 aromatic carbocycles. The largest absolute Gasteiger partial charge is 0.353 e. The van der Waals surface area contributed by atoms with Gasteiger partial charge in [-0.05, 0) is 61.1 Å². The molecule has 1 aliphatic carbocycles. The molecule has 0 bridgehead atoms. The zero-order valence-corrected chi connectivity index (χ0v) is 18.0. The minimum atomic E-state index is -0.242. The smallest absolute Gasteiger partial charge is 0.222 e. The van der Waals surface area contributed by atoms with Crippen molar-refractivity contribution in [3.8, 4) is 0 Å². The Kier molecular flexibility index (Phi) is 6.69. The van der Waals surface area contributed by atoms with E-state index in [1.165, 1.54) is 11.6 Å². The average molecular weight is 423 g/mol. The van der Waals surface area contributed by atoms with E-state index in [1.807, 2.05) is 23.1 Å². The number of nitrogens with zero attached hydrogens (tertiary/aromatic N) is 1. The molecule has 2 amide bonds. The van der Waals surface area contributed by atoms with Gasteiger partial charge >= 0.3 is 0 Å². The first kappa shape index (κ1) is 21.5. The number of likely N-dealkylation sites (tertiary alicyclic amines) is 1. The van der Waals surface area contributed by atoms with Gasteiger partial charge < -0.3 is 10.2 Å². The lowest BCUT2D eigenvalue weighted by atomic mass is 9.59. The maximum atomic E-state index is 13.8. The second kappa shape index (κ2) is 9.63. The lowest BCUT2D eigenvalue weighted by Crippen LogP contribution is -2.59. The molecule has 1 unspecified atom stereocenters. The highest BCUT2D eigenvalue weighted by molar-refractivity contribution is 5.77. The van der Waals surface area contributed by atoms with Crippen LogP contribution in [-0.4, -0.2) is 35.8 Å². The van der Waals surface area contributed by atoms with Crippen LogP contribution in [0.15, 0.2) is 54.6 Å². The number of carbonyl (C=O) groups excluding carboxylic acids is 2. The number of piperidine rings is 1. The number of rotatable bonds is 7. The van der Waals surface area contributed by atoms with Gasteiger partial charge in [-0.3, -0.25) is 9.59 Å². The summed E-state index contributed by atoms with van der Waals surface area (Å²) in [6.07, 6.45) is 6.06. The van der Waals surface area contributed by atoms with Gasteiger partial charge in [0.05, 0.1) is 0 Å². The van der Waals surface area contributed by atoms with Crippen molar-refractivity contribution in [3.05, 3.63) is 71.5 Å². The number of hydrogen-bond acceptors (Lipinski definition) is 2. The van der Waals surface area contributed by atoms with Crippen LogP contribution in [0, 0.1) is 11.2 Å². The van der Waals surface area contributed by atoms with E-state index in [2.05, 4.69) is 17.4 Å². The van der Waals surface area contributed by atoms with E-state index >= 15 is 0 Å². The lowest BCUT2D eigenvalue weighted by Gasteiger charge is -2.54. The third-order valence-corrected chi connectivity index (χ3v) is 7.17. The molecule has 5 heteroatoms. The molecule has 1 spiro atoms. The van der Waals surface area contributed by atoms with Crippen molar-refractivity contribution in [3.63, 3.8) is 0 Å². The fourth-order valence-corrected chi connectivity index (χ4v) is 4.99. The second-order valence-electron chi connectivity index (χ2n) is 8.98. The third-order valence-electron chi connectivity index (χ3n) is 7.17. The van der Waals surface area contributed by atoms with Gasteiger partial charge in [0, 0.05) is 32.0 Å². The molecule has 2 fully saturated rings. The van der Waals surface area contributed by atoms with E-state index in [9.17, 15) is 14.0 Å². The lowest BCUT2D eigenvalue weighted by molar-refractivity contribution is -0.137. The molecule has 2 aromatic rings. The molecule has 4 nitrogen and oxygen atoms in total. The second-order valence-corrected chi connectivity index (χ2v) is 8.98. The summed E-state index contributed by atoms with van der Waals surface area (Å²) in [6.45, 7) is 1.46. The predicted octanol–water partition coefficient (Wildman–Crippen LogP) is 4.28. The SMILES string of the molecule is O=C(CCc1ccccc1)NC1CCC12CCN(C(=O)CCc1ccccc1F)CC2. The summed E-state index contributed by atoms with van der Waals surface area (Å²) >= 11 is 0. The highest BCUT2D eigenvalue weighted by atomic mass is 19.1. The molecule has 1 saturated carbocycles. The van der Waals surface area contributed by atoms with Crippen LogP contribution in [0.5, 0.6) is 0 Å². The van der Waals surface area contributed by atoms with Crippen molar-refractivity contribution >= 4 is 11.8 Å². The van der Waals surface area contributed by atoms with Gasteiger partial charge in [-0.25, -0.2) is 4.39 Å². The van der Waals surface area contributed by atoms with Crippen molar-refractivity contribution in [2.75, 3.05) is 13.1 Å². The van der Waals surface area contributed by atoms with Crippen LogP contribution in [0.4, 0.5) is 4.39 Å². The quantitative estimate of drug-likeness (QED) is 0.724. The van der Waals surface area contributed by atoms with E-state index in [1.54, 1.807) is 18.2 Å². The summed E-state index contributed by atoms with van der Waals surface area (Å²) in [6, 6.07) is 17.0. The maximum Gasteiger partial charge on any atom is 0.222 e. The molecule has 1 aliphatic heterocycles. The minimum Gasteiger partial charge on any atom is -0.353 e. The summed E-state index contributed by atoms with van der Waals surface area (Å²) in [5.41, 5.74) is 1.93. The topological polar surface area (TPSA) is 49.4 Å². The van der Waals surface area contributed by atoms with Crippen LogP contribution in [0.3, 0.4) is 0 Å². The summed E-state index contributed by atoms with van der Waals surface area (Å²) in [5.74, 6) is -0.0228. The molecule has 1 N–H and O–H groups in total. The van der Waals surface area contributed by atoms with Crippen LogP contribution in [-0.2, 0) is 22.4 Å². The summed E-state index contributed by atoms with van der Waals surface area (Å²) in [5, 5.41) is 3.26. The number of halogens is 1. The molecular weight excluding hydrogens is 391 g/mol. The Morgan fingerprint density at radius 3 is 2.32 bits per heavy atom. The third kappa shape index (κ3) is 5.15. The van der Waals surface area contributed by atoms with Crippen LogP contribution in [0.1, 0.15) is 49.7 Å². The first-order valence-corrected chi connectivity index (χ1v) is 11.4. The fraction of sp³-hybridized carbons (Fsp3) is 0.462. The van der Waals surface area contributed by atoms with E-state index in [4.69, 9.17) is 0 Å². The number of aryl methyl sites for hydroxylation is 2. The molecule has 1 atom stereocenters. The molecule has 31 heavy (non-hydrogen) atoms. The van der Waals surface area contributed by atoms with Gasteiger partial charge in [0.1, 0.15) is 5.82 Å². The number of carbonyl (C=O) groups is 2. The standard InChI is InChI=1S/C26H31FN2O2/c27-22-9-5-4-8-21(22)11-13-25(31)29-18-16-26(17-19-29)15-14-23(26)28-24(30)12-10-20-6-2-1-3-7-20/h1-9,23H,10-19H2,(H,28,30). The highest BCUT2D eigenvalue weighted by Crippen LogP contribution is 2.49. The van der Waals surface area contributed by atoms with Gasteiger partial charge in [-0.15, -0.1) is 0 Å². The highest BCUT2D eigenvalue weighted by Gasteiger charge is 2.49. The molecule has 2 aliphatic rings. The number of nitrogens with one attached hydrogen (secondary N) is 1. The molecule has 164 valence electrons. The number of hydrogen-bond donors (Lipinski definition) is 1. The normalized spacial score (nSPS) is 19.6. The Labute approximate surface area is 183 Å². The van der Waals surface area contributed by atoms with Gasteiger partial charge in [-0.1, -0.05) is 48.5 Å². The Bertz CT molecular complexity index is 907. The van der Waals surface area contributed by atoms with Gasteiger partial charge in [-0.2, -0.15) is 0 Å². The van der Waals surface area contributed by atoms with Crippen LogP contribution in [0.25, 0.3) is 0 Å². The van der Waals surface area contributed by atoms with Crippen LogP contribution >= 0.6 is 0 Å². The summed E-state index contributed by atoms with van der Waals surface area (Å²) in [7, 11) is 0. The first-order valence-electron chi connectivity index (χ1n) is 11.4. The summed E-state index contributed by atoms with van der Waals surface area (Å²) < 4.78 is 13.8. The zero-order valence-electron chi connectivity index (χ0n) is 18.0. The predicted molar refractivity (Wildman–Crippen MR) is 119 cm³/mol. The monoisotopic (exact) mass is 422 g/mol. The van der Waals surface area contributed by atoms with Crippen LogP contribution in [0.2, 0.25) is 0 Å². The molecule has 4 rings (SSSR count). The van der Waals surface area contributed by atoms with Crippen molar-refractivity contribution < 1.29 is 14.0 Å². The van der Waals surface area contributed by atoms with Crippen molar-refractivity contribution in [1.82, 2.24) is 10.2 Å². The Hall–Kier alpha value is -2.69. The summed E-state index contributed by atoms with van der Waals surface area (Å²) in [4.78, 5) is 27.0. The van der Waals surface area contributed by atoms with Gasteiger partial charge in [0.15, 0.2) is 0 Å². The fourth-order valence-electron chi connectivity index (χ4n) is 4.99. The van der Waals surface area contributed by atoms with Crippen molar-refractivity contribution in [2.24, 2.45) is 5.41 Å². The molecule has 0 aromatic heterocycles. The van der Waals surface area contributed by atoms with Gasteiger partial charge in [0.25, 0.3) is 0 Å². The molecule has 1 heterocycles.